The second kappa shape index (κ2) is 10.7. The number of aryl methyl sites for hydroxylation is 2. The molecular weight excluding hydrogens is 428 g/mol. The van der Waals surface area contributed by atoms with Crippen molar-refractivity contribution in [2.75, 3.05) is 14.2 Å². The summed E-state index contributed by atoms with van der Waals surface area (Å²) in [7, 11) is 3.20. The zero-order valence-electron chi connectivity index (χ0n) is 19.4. The van der Waals surface area contributed by atoms with E-state index in [1.54, 1.807) is 24.9 Å². The number of nitrogens with one attached hydrogen (secondary N) is 1. The Hall–Kier alpha value is -4.06. The van der Waals surface area contributed by atoms with Gasteiger partial charge in [-0.05, 0) is 59.7 Å². The lowest BCUT2D eigenvalue weighted by atomic mass is 10.0. The molecule has 4 aromatic rings. The standard InChI is InChI=1S/C28H28N2O4/c1-33-24-13-9-21(10-14-24)18-29-27(31)19-30-26-17-25(34-2)15-12-22(26)16-23(28(30)32)11-8-20-6-4-3-5-7-20/h3-7,9-10,12-17H,8,11,18-19H2,1-2H3,(H,29,31). The first-order valence-electron chi connectivity index (χ1n) is 11.2. The molecule has 0 saturated heterocycles. The van der Waals surface area contributed by atoms with Crippen LogP contribution in [0.25, 0.3) is 10.9 Å². The summed E-state index contributed by atoms with van der Waals surface area (Å²) in [5, 5.41) is 3.81. The minimum atomic E-state index is -0.234. The summed E-state index contributed by atoms with van der Waals surface area (Å²) >= 11 is 0. The zero-order valence-corrected chi connectivity index (χ0v) is 19.4. The maximum Gasteiger partial charge on any atom is 0.254 e. The van der Waals surface area contributed by atoms with Gasteiger partial charge in [-0.2, -0.15) is 0 Å². The zero-order chi connectivity index (χ0) is 23.9. The number of carbonyl (C=O) groups is 1. The number of hydrogen-bond donors (Lipinski definition) is 1. The lowest BCUT2D eigenvalue weighted by Crippen LogP contribution is -2.33. The average molecular weight is 457 g/mol. The van der Waals surface area contributed by atoms with Gasteiger partial charge < -0.3 is 14.8 Å². The van der Waals surface area contributed by atoms with Crippen LogP contribution in [0.2, 0.25) is 0 Å². The number of aromatic nitrogens is 1. The molecule has 0 fully saturated rings. The molecule has 174 valence electrons. The van der Waals surface area contributed by atoms with Gasteiger partial charge in [0.2, 0.25) is 5.91 Å². The van der Waals surface area contributed by atoms with E-state index in [1.807, 2.05) is 60.7 Å². The Morgan fingerprint density at radius 2 is 1.53 bits per heavy atom. The number of pyridine rings is 1. The lowest BCUT2D eigenvalue weighted by Gasteiger charge is -2.14. The maximum absolute atomic E-state index is 13.4. The van der Waals surface area contributed by atoms with Crippen LogP contribution in [0.4, 0.5) is 0 Å². The van der Waals surface area contributed by atoms with E-state index < -0.39 is 0 Å². The van der Waals surface area contributed by atoms with Gasteiger partial charge >= 0.3 is 0 Å². The van der Waals surface area contributed by atoms with Gasteiger partial charge in [-0.1, -0.05) is 42.5 Å². The number of carbonyl (C=O) groups excluding carboxylic acids is 1. The van der Waals surface area contributed by atoms with Gasteiger partial charge in [0.05, 0.1) is 19.7 Å². The van der Waals surface area contributed by atoms with Gasteiger partial charge in [-0.3, -0.25) is 14.2 Å². The number of fused-ring (bicyclic) bond motifs is 1. The quantitative estimate of drug-likeness (QED) is 0.411. The van der Waals surface area contributed by atoms with E-state index in [0.29, 0.717) is 29.8 Å². The van der Waals surface area contributed by atoms with E-state index in [2.05, 4.69) is 17.4 Å². The van der Waals surface area contributed by atoms with Gasteiger partial charge in [-0.15, -0.1) is 0 Å². The molecule has 1 N–H and O–H groups in total. The SMILES string of the molecule is COc1ccc(CNC(=O)Cn2c(=O)c(CCc3ccccc3)cc3ccc(OC)cc32)cc1. The lowest BCUT2D eigenvalue weighted by molar-refractivity contribution is -0.121. The number of methoxy groups -OCH3 is 2. The molecule has 0 saturated carbocycles. The van der Waals surface area contributed by atoms with Crippen LogP contribution in [0, 0.1) is 0 Å². The fourth-order valence-electron chi connectivity index (χ4n) is 3.94. The first-order valence-corrected chi connectivity index (χ1v) is 11.2. The summed E-state index contributed by atoms with van der Waals surface area (Å²) in [4.78, 5) is 26.2. The third kappa shape index (κ3) is 5.46. The monoisotopic (exact) mass is 456 g/mol. The molecule has 1 heterocycles. The van der Waals surface area contributed by atoms with Gasteiger partial charge in [-0.25, -0.2) is 0 Å². The minimum absolute atomic E-state index is 0.0716. The molecule has 34 heavy (non-hydrogen) atoms. The molecule has 0 unspecified atom stereocenters. The molecule has 0 spiro atoms. The van der Waals surface area contributed by atoms with Crippen LogP contribution in [0.3, 0.4) is 0 Å². The molecule has 0 aliphatic carbocycles. The molecule has 0 radical (unpaired) electrons. The van der Waals surface area contributed by atoms with Crippen LogP contribution in [0.15, 0.2) is 83.7 Å². The summed E-state index contributed by atoms with van der Waals surface area (Å²) in [5.41, 5.74) is 3.32. The van der Waals surface area contributed by atoms with Crippen molar-refractivity contribution in [1.29, 1.82) is 0 Å². The maximum atomic E-state index is 13.4. The van der Waals surface area contributed by atoms with E-state index in [-0.39, 0.29) is 18.0 Å². The number of benzene rings is 3. The summed E-state index contributed by atoms with van der Waals surface area (Å²) in [6.07, 6.45) is 1.35. The highest BCUT2D eigenvalue weighted by atomic mass is 16.5. The van der Waals surface area contributed by atoms with Crippen molar-refractivity contribution in [1.82, 2.24) is 9.88 Å². The van der Waals surface area contributed by atoms with Crippen molar-refractivity contribution in [3.63, 3.8) is 0 Å². The van der Waals surface area contributed by atoms with Crippen molar-refractivity contribution in [2.45, 2.75) is 25.9 Å². The summed E-state index contributed by atoms with van der Waals surface area (Å²) in [6, 6.07) is 25.1. The van der Waals surface area contributed by atoms with Gasteiger partial charge in [0.1, 0.15) is 18.0 Å². The van der Waals surface area contributed by atoms with Crippen LogP contribution in [0.1, 0.15) is 16.7 Å². The molecule has 1 aromatic heterocycles. The van der Waals surface area contributed by atoms with E-state index in [1.165, 1.54) is 5.56 Å². The van der Waals surface area contributed by atoms with Crippen molar-refractivity contribution in [2.24, 2.45) is 0 Å². The molecule has 4 rings (SSSR count). The van der Waals surface area contributed by atoms with Gasteiger partial charge in [0.25, 0.3) is 5.56 Å². The van der Waals surface area contributed by atoms with Crippen LogP contribution in [0.5, 0.6) is 11.5 Å². The summed E-state index contributed by atoms with van der Waals surface area (Å²) in [5.74, 6) is 1.16. The van der Waals surface area contributed by atoms with Crippen LogP contribution < -0.4 is 20.3 Å². The number of rotatable bonds is 9. The largest absolute Gasteiger partial charge is 0.497 e. The first-order chi connectivity index (χ1) is 16.6. The number of nitrogens with zero attached hydrogens (tertiary/aromatic N) is 1. The van der Waals surface area contributed by atoms with E-state index >= 15 is 0 Å². The Labute approximate surface area is 198 Å². The Morgan fingerprint density at radius 1 is 0.824 bits per heavy atom. The van der Waals surface area contributed by atoms with E-state index in [0.717, 1.165) is 23.1 Å². The van der Waals surface area contributed by atoms with Crippen LogP contribution in [-0.2, 0) is 30.7 Å². The Kier molecular flexibility index (Phi) is 7.28. The van der Waals surface area contributed by atoms with Crippen molar-refractivity contribution >= 4 is 16.8 Å². The predicted octanol–water partition coefficient (Wildman–Crippen LogP) is 4.12. The number of ether oxygens (including phenoxy) is 2. The molecule has 3 aromatic carbocycles. The van der Waals surface area contributed by atoms with Crippen LogP contribution in [-0.4, -0.2) is 24.7 Å². The molecular formula is C28H28N2O4. The topological polar surface area (TPSA) is 69.6 Å². The fourth-order valence-corrected chi connectivity index (χ4v) is 3.94. The van der Waals surface area contributed by atoms with Gasteiger partial charge in [0, 0.05) is 18.2 Å². The Bertz CT molecular complexity index is 1330. The average Bonchev–Trinajstić information content (AvgIpc) is 2.88. The molecule has 0 atom stereocenters. The predicted molar refractivity (Wildman–Crippen MR) is 133 cm³/mol. The van der Waals surface area contributed by atoms with E-state index in [9.17, 15) is 9.59 Å². The first kappa shape index (κ1) is 23.1. The highest BCUT2D eigenvalue weighted by molar-refractivity contribution is 5.84. The van der Waals surface area contributed by atoms with Crippen molar-refractivity contribution in [3.05, 3.63) is 106 Å². The molecule has 6 nitrogen and oxygen atoms in total. The molecule has 0 aliphatic heterocycles. The molecule has 6 heteroatoms. The number of hydrogen-bond acceptors (Lipinski definition) is 4. The van der Waals surface area contributed by atoms with Crippen LogP contribution >= 0.6 is 0 Å². The molecule has 0 aliphatic rings. The smallest absolute Gasteiger partial charge is 0.254 e. The number of amides is 1. The highest BCUT2D eigenvalue weighted by Gasteiger charge is 2.14. The fraction of sp³-hybridized carbons (Fsp3) is 0.214. The summed E-state index contributed by atoms with van der Waals surface area (Å²) < 4.78 is 12.1. The molecule has 1 amide bonds. The minimum Gasteiger partial charge on any atom is -0.497 e. The highest BCUT2D eigenvalue weighted by Crippen LogP contribution is 2.21. The third-order valence-corrected chi connectivity index (χ3v) is 5.85. The van der Waals surface area contributed by atoms with Crippen molar-refractivity contribution in [3.8, 4) is 11.5 Å². The Morgan fingerprint density at radius 3 is 2.24 bits per heavy atom. The van der Waals surface area contributed by atoms with Gasteiger partial charge in [0.15, 0.2) is 0 Å². The summed E-state index contributed by atoms with van der Waals surface area (Å²) in [6.45, 7) is 0.296. The Balaban J connectivity index is 1.58. The van der Waals surface area contributed by atoms with Crippen molar-refractivity contribution < 1.29 is 14.3 Å². The second-order valence-electron chi connectivity index (χ2n) is 8.10. The second-order valence-corrected chi connectivity index (χ2v) is 8.10. The molecule has 0 bridgehead atoms. The van der Waals surface area contributed by atoms with E-state index in [4.69, 9.17) is 9.47 Å². The normalized spacial score (nSPS) is 10.8. The third-order valence-electron chi connectivity index (χ3n) is 5.85.